The highest BCUT2D eigenvalue weighted by Gasteiger charge is 2.49. The zero-order chi connectivity index (χ0) is 18.3. The van der Waals surface area contributed by atoms with E-state index in [4.69, 9.17) is 4.52 Å². The molecule has 1 atom stereocenters. The first kappa shape index (κ1) is 16.5. The lowest BCUT2D eigenvalue weighted by Crippen LogP contribution is -2.40. The zero-order valence-electron chi connectivity index (χ0n) is 14.2. The van der Waals surface area contributed by atoms with E-state index in [-0.39, 0.29) is 18.3 Å². The first-order valence-electron chi connectivity index (χ1n) is 8.04. The molecule has 1 N–H and O–H groups in total. The first-order valence-corrected chi connectivity index (χ1v) is 8.98. The van der Waals surface area contributed by atoms with E-state index in [0.717, 1.165) is 21.6 Å². The molecule has 7 nitrogen and oxygen atoms in total. The van der Waals surface area contributed by atoms with Crippen LogP contribution in [0.15, 0.2) is 45.6 Å². The van der Waals surface area contributed by atoms with Gasteiger partial charge in [0.25, 0.3) is 5.91 Å². The molecular weight excluding hydrogens is 352 g/mol. The van der Waals surface area contributed by atoms with Crippen molar-refractivity contribution in [3.05, 3.63) is 58.1 Å². The Morgan fingerprint density at radius 2 is 2.00 bits per heavy atom. The summed E-state index contributed by atoms with van der Waals surface area (Å²) in [6.45, 7) is 3.60. The van der Waals surface area contributed by atoms with Crippen LogP contribution in [0.4, 0.5) is 4.79 Å². The van der Waals surface area contributed by atoms with Gasteiger partial charge in [0.05, 0.1) is 0 Å². The summed E-state index contributed by atoms with van der Waals surface area (Å²) in [4.78, 5) is 30.7. The van der Waals surface area contributed by atoms with E-state index in [2.05, 4.69) is 15.5 Å². The van der Waals surface area contributed by atoms with Crippen molar-refractivity contribution in [1.29, 1.82) is 0 Å². The molecule has 26 heavy (non-hydrogen) atoms. The summed E-state index contributed by atoms with van der Waals surface area (Å²) in [5.41, 5.74) is 1.54. The van der Waals surface area contributed by atoms with E-state index in [1.165, 1.54) is 11.3 Å². The average Bonchev–Trinajstić information content (AvgIpc) is 3.34. The van der Waals surface area contributed by atoms with E-state index in [9.17, 15) is 9.59 Å². The second kappa shape index (κ2) is 6.06. The maximum absolute atomic E-state index is 12.9. The molecule has 3 amide bonds. The lowest BCUT2D eigenvalue weighted by Gasteiger charge is -2.22. The minimum Gasteiger partial charge on any atom is -0.337 e. The second-order valence-electron chi connectivity index (χ2n) is 6.34. The zero-order valence-corrected chi connectivity index (χ0v) is 15.0. The van der Waals surface area contributed by atoms with Crippen LogP contribution in [0, 0.1) is 6.92 Å². The van der Waals surface area contributed by atoms with Crippen molar-refractivity contribution in [2.45, 2.75) is 25.9 Å². The van der Waals surface area contributed by atoms with Gasteiger partial charge in [-0.25, -0.2) is 4.79 Å². The van der Waals surface area contributed by atoms with Crippen LogP contribution in [0.2, 0.25) is 0 Å². The quantitative estimate of drug-likeness (QED) is 0.715. The predicted octanol–water partition coefficient (Wildman–Crippen LogP) is 3.07. The van der Waals surface area contributed by atoms with Crippen LogP contribution in [0.3, 0.4) is 0 Å². The SMILES string of the molecule is Cc1ccc(C2(C)NC(=O)N(Cc3nc(-c4ccsc4)no3)C2=O)cc1. The van der Waals surface area contributed by atoms with Crippen molar-refractivity contribution in [2.24, 2.45) is 0 Å². The third kappa shape index (κ3) is 2.68. The van der Waals surface area contributed by atoms with Gasteiger partial charge in [0.2, 0.25) is 11.7 Å². The van der Waals surface area contributed by atoms with Gasteiger partial charge in [0.15, 0.2) is 0 Å². The number of aryl methyl sites for hydroxylation is 1. The highest BCUT2D eigenvalue weighted by Crippen LogP contribution is 2.30. The molecule has 0 radical (unpaired) electrons. The molecule has 1 unspecified atom stereocenters. The number of carbonyl (C=O) groups excluding carboxylic acids is 2. The standard InChI is InChI=1S/C18H16N4O3S/c1-11-3-5-13(6-4-11)18(2)16(23)22(17(24)20-18)9-14-19-15(21-25-14)12-7-8-26-10-12/h3-8,10H,9H2,1-2H3,(H,20,24). The summed E-state index contributed by atoms with van der Waals surface area (Å²) in [5.74, 6) is 0.305. The number of nitrogens with one attached hydrogen (secondary N) is 1. The molecule has 1 aliphatic rings. The van der Waals surface area contributed by atoms with Gasteiger partial charge in [-0.05, 0) is 30.9 Å². The van der Waals surface area contributed by atoms with Gasteiger partial charge in [-0.15, -0.1) is 0 Å². The van der Waals surface area contributed by atoms with Gasteiger partial charge >= 0.3 is 6.03 Å². The van der Waals surface area contributed by atoms with Crippen LogP contribution in [0.5, 0.6) is 0 Å². The lowest BCUT2D eigenvalue weighted by molar-refractivity contribution is -0.131. The van der Waals surface area contributed by atoms with Gasteiger partial charge < -0.3 is 9.84 Å². The molecular formula is C18H16N4O3S. The van der Waals surface area contributed by atoms with Gasteiger partial charge in [0.1, 0.15) is 12.1 Å². The molecule has 0 bridgehead atoms. The van der Waals surface area contributed by atoms with Crippen molar-refractivity contribution in [3.8, 4) is 11.4 Å². The number of benzene rings is 1. The monoisotopic (exact) mass is 368 g/mol. The molecule has 0 saturated carbocycles. The number of thiophene rings is 1. The lowest BCUT2D eigenvalue weighted by atomic mass is 9.91. The molecule has 0 aliphatic carbocycles. The van der Waals surface area contributed by atoms with Crippen molar-refractivity contribution in [1.82, 2.24) is 20.4 Å². The molecule has 8 heteroatoms. The Bertz CT molecular complexity index is 965. The van der Waals surface area contributed by atoms with E-state index in [1.54, 1.807) is 6.92 Å². The largest absolute Gasteiger partial charge is 0.337 e. The molecule has 1 aromatic carbocycles. The molecule has 132 valence electrons. The molecule has 0 spiro atoms. The Morgan fingerprint density at radius 3 is 2.69 bits per heavy atom. The smallest absolute Gasteiger partial charge is 0.325 e. The second-order valence-corrected chi connectivity index (χ2v) is 7.12. The maximum atomic E-state index is 12.9. The van der Waals surface area contributed by atoms with Crippen LogP contribution in [-0.2, 0) is 16.9 Å². The number of hydrogen-bond donors (Lipinski definition) is 1. The fourth-order valence-corrected chi connectivity index (χ4v) is 3.52. The van der Waals surface area contributed by atoms with Crippen molar-refractivity contribution in [3.63, 3.8) is 0 Å². The summed E-state index contributed by atoms with van der Waals surface area (Å²) in [5, 5.41) is 10.5. The van der Waals surface area contributed by atoms with Crippen LogP contribution < -0.4 is 5.32 Å². The Morgan fingerprint density at radius 1 is 1.23 bits per heavy atom. The van der Waals surface area contributed by atoms with E-state index in [1.807, 2.05) is 48.0 Å². The van der Waals surface area contributed by atoms with Crippen molar-refractivity contribution >= 4 is 23.3 Å². The number of aromatic nitrogens is 2. The summed E-state index contributed by atoms with van der Waals surface area (Å²) in [6, 6.07) is 8.91. The Balaban J connectivity index is 1.57. The molecule has 1 fully saturated rings. The summed E-state index contributed by atoms with van der Waals surface area (Å²) in [6.07, 6.45) is 0. The van der Waals surface area contributed by atoms with Crippen LogP contribution >= 0.6 is 11.3 Å². The van der Waals surface area contributed by atoms with Crippen LogP contribution in [-0.4, -0.2) is 27.0 Å². The minimum absolute atomic E-state index is 0.0662. The molecule has 3 aromatic rings. The van der Waals surface area contributed by atoms with Crippen molar-refractivity contribution < 1.29 is 14.1 Å². The van der Waals surface area contributed by atoms with Gasteiger partial charge in [-0.1, -0.05) is 35.0 Å². The van der Waals surface area contributed by atoms with Crippen LogP contribution in [0.25, 0.3) is 11.4 Å². The molecule has 1 saturated heterocycles. The average molecular weight is 368 g/mol. The molecule has 4 rings (SSSR count). The fourth-order valence-electron chi connectivity index (χ4n) is 2.89. The van der Waals surface area contributed by atoms with Crippen molar-refractivity contribution in [2.75, 3.05) is 0 Å². The number of nitrogens with zero attached hydrogens (tertiary/aromatic N) is 3. The normalized spacial score (nSPS) is 19.8. The minimum atomic E-state index is -1.11. The fraction of sp³-hybridized carbons (Fsp3) is 0.222. The number of hydrogen-bond acceptors (Lipinski definition) is 6. The van der Waals surface area contributed by atoms with Gasteiger partial charge in [-0.2, -0.15) is 16.3 Å². The number of urea groups is 1. The Labute approximate surface area is 153 Å². The summed E-state index contributed by atoms with van der Waals surface area (Å²) >= 11 is 1.53. The topological polar surface area (TPSA) is 88.3 Å². The third-order valence-corrected chi connectivity index (χ3v) is 5.13. The summed E-state index contributed by atoms with van der Waals surface area (Å²) in [7, 11) is 0. The van der Waals surface area contributed by atoms with Gasteiger partial charge in [-0.3, -0.25) is 9.69 Å². The molecule has 2 aromatic heterocycles. The molecule has 1 aliphatic heterocycles. The number of carbonyl (C=O) groups is 2. The first-order chi connectivity index (χ1) is 12.5. The Hall–Kier alpha value is -3.00. The van der Waals surface area contributed by atoms with Crippen LogP contribution in [0.1, 0.15) is 23.9 Å². The maximum Gasteiger partial charge on any atom is 0.325 e. The Kier molecular flexibility index (Phi) is 3.84. The highest BCUT2D eigenvalue weighted by molar-refractivity contribution is 7.08. The summed E-state index contributed by atoms with van der Waals surface area (Å²) < 4.78 is 5.21. The number of amides is 3. The highest BCUT2D eigenvalue weighted by atomic mass is 32.1. The predicted molar refractivity (Wildman–Crippen MR) is 95.2 cm³/mol. The van der Waals surface area contributed by atoms with E-state index < -0.39 is 11.6 Å². The number of imide groups is 1. The third-order valence-electron chi connectivity index (χ3n) is 4.44. The van der Waals surface area contributed by atoms with E-state index >= 15 is 0 Å². The van der Waals surface area contributed by atoms with Gasteiger partial charge in [0, 0.05) is 10.9 Å². The molecule has 3 heterocycles. The number of rotatable bonds is 4. The van der Waals surface area contributed by atoms with E-state index in [0.29, 0.717) is 5.82 Å².